The van der Waals surface area contributed by atoms with E-state index in [9.17, 15) is 9.59 Å². The molecule has 2 saturated heterocycles. The zero-order valence-electron chi connectivity index (χ0n) is 19.9. The zero-order chi connectivity index (χ0) is 24.5. The van der Waals surface area contributed by atoms with Gasteiger partial charge in [-0.1, -0.05) is 17.7 Å². The molecular formula is C24H34ClN7O2. The molecule has 3 heterocycles. The molecule has 0 radical (unpaired) electrons. The molecule has 1 aromatic heterocycles. The second-order valence-electron chi connectivity index (χ2n) is 9.83. The molecule has 10 heteroatoms. The number of benzene rings is 1. The van der Waals surface area contributed by atoms with Crippen molar-refractivity contribution in [2.75, 3.05) is 44.2 Å². The number of anilines is 1. The monoisotopic (exact) mass is 487 g/mol. The smallest absolute Gasteiger partial charge is 0.353 e. The lowest BCUT2D eigenvalue weighted by Crippen LogP contribution is -2.57. The summed E-state index contributed by atoms with van der Waals surface area (Å²) in [7, 11) is 0. The molecule has 184 valence electrons. The molecule has 2 aliphatic rings. The maximum absolute atomic E-state index is 12.8. The molecule has 2 aliphatic heterocycles. The van der Waals surface area contributed by atoms with Gasteiger partial charge in [-0.25, -0.2) is 4.79 Å². The van der Waals surface area contributed by atoms with Crippen LogP contribution in [-0.2, 0) is 11.3 Å². The molecule has 2 aromatic rings. The van der Waals surface area contributed by atoms with E-state index in [-0.39, 0.29) is 11.6 Å². The number of carbonyl (C=O) groups excluding carboxylic acids is 1. The van der Waals surface area contributed by atoms with Crippen molar-refractivity contribution >= 4 is 23.3 Å². The Morgan fingerprint density at radius 3 is 2.38 bits per heavy atom. The van der Waals surface area contributed by atoms with E-state index in [4.69, 9.17) is 23.1 Å². The van der Waals surface area contributed by atoms with Gasteiger partial charge in [-0.15, -0.1) is 0 Å². The Bertz CT molecular complexity index is 1080. The Morgan fingerprint density at radius 2 is 1.79 bits per heavy atom. The van der Waals surface area contributed by atoms with Crippen molar-refractivity contribution in [3.63, 3.8) is 0 Å². The Morgan fingerprint density at radius 1 is 1.12 bits per heavy atom. The first-order chi connectivity index (χ1) is 16.1. The molecule has 9 nitrogen and oxygen atoms in total. The van der Waals surface area contributed by atoms with Gasteiger partial charge in [-0.05, 0) is 63.5 Å². The van der Waals surface area contributed by atoms with E-state index in [1.54, 1.807) is 24.9 Å². The van der Waals surface area contributed by atoms with E-state index < -0.39 is 5.54 Å². The van der Waals surface area contributed by atoms with Crippen LogP contribution in [0.3, 0.4) is 0 Å². The molecule has 0 aliphatic carbocycles. The van der Waals surface area contributed by atoms with Crippen LogP contribution in [-0.4, -0.2) is 76.1 Å². The van der Waals surface area contributed by atoms with Crippen LogP contribution in [0.15, 0.2) is 35.3 Å². The molecule has 0 unspecified atom stereocenters. The number of nitrogens with zero attached hydrogens (tertiary/aromatic N) is 5. The Kier molecular flexibility index (Phi) is 7.28. The largest absolute Gasteiger partial charge is 0.354 e. The fourth-order valence-corrected chi connectivity index (χ4v) is 4.71. The van der Waals surface area contributed by atoms with Crippen molar-refractivity contribution in [2.24, 2.45) is 11.5 Å². The first kappa shape index (κ1) is 24.7. The molecule has 4 N–H and O–H groups in total. The summed E-state index contributed by atoms with van der Waals surface area (Å²) in [6.45, 7) is 8.42. The third-order valence-electron chi connectivity index (χ3n) is 6.57. The number of piperazine rings is 1. The van der Waals surface area contributed by atoms with Crippen molar-refractivity contribution in [1.29, 1.82) is 0 Å². The van der Waals surface area contributed by atoms with Crippen LogP contribution in [0.4, 0.5) is 5.82 Å². The molecule has 34 heavy (non-hydrogen) atoms. The molecular weight excluding hydrogens is 454 g/mol. The number of aromatic nitrogens is 2. The van der Waals surface area contributed by atoms with E-state index in [1.165, 1.54) is 4.57 Å². The quantitative estimate of drug-likeness (QED) is 0.651. The number of amides is 1. The number of carbonyl (C=O) groups is 1. The third kappa shape index (κ3) is 5.60. The predicted molar refractivity (Wildman–Crippen MR) is 134 cm³/mol. The Hall–Kier alpha value is -2.46. The molecule has 0 atom stereocenters. The highest BCUT2D eigenvalue weighted by atomic mass is 35.5. The lowest BCUT2D eigenvalue weighted by molar-refractivity contribution is -0.136. The van der Waals surface area contributed by atoms with Crippen molar-refractivity contribution in [2.45, 2.75) is 44.8 Å². The van der Waals surface area contributed by atoms with Gasteiger partial charge in [0.05, 0.1) is 11.2 Å². The summed E-state index contributed by atoms with van der Waals surface area (Å²) >= 11 is 6.57. The van der Waals surface area contributed by atoms with Crippen LogP contribution < -0.4 is 22.1 Å². The molecule has 0 bridgehead atoms. The van der Waals surface area contributed by atoms with Crippen LogP contribution in [0.2, 0.25) is 5.02 Å². The minimum absolute atomic E-state index is 0.0697. The van der Waals surface area contributed by atoms with Gasteiger partial charge < -0.3 is 21.3 Å². The summed E-state index contributed by atoms with van der Waals surface area (Å²) in [4.78, 5) is 35.6. The summed E-state index contributed by atoms with van der Waals surface area (Å²) < 4.78 is 1.50. The second kappa shape index (κ2) is 10.0. The van der Waals surface area contributed by atoms with Crippen molar-refractivity contribution in [3.05, 3.63) is 51.5 Å². The maximum atomic E-state index is 12.8. The van der Waals surface area contributed by atoms with E-state index in [1.807, 2.05) is 29.2 Å². The summed E-state index contributed by atoms with van der Waals surface area (Å²) in [6, 6.07) is 7.81. The zero-order valence-corrected chi connectivity index (χ0v) is 20.7. The topological polar surface area (TPSA) is 114 Å². The molecule has 4 rings (SSSR count). The minimum atomic E-state index is -0.890. The first-order valence-electron chi connectivity index (χ1n) is 11.8. The maximum Gasteiger partial charge on any atom is 0.354 e. The number of nitrogens with two attached hydrogens (primary N) is 2. The summed E-state index contributed by atoms with van der Waals surface area (Å²) in [5.74, 6) is 0.533. The standard InChI is InChI=1S/C24H34ClN7O2/c1-24(2,27)22(33)31-13-11-30(12-14-31)21-7-10-32(23(34)28-21)19-4-3-17(20(25)15-19)16-29-8-5-18(26)6-9-29/h3-4,7,10,15,18H,5-6,8-9,11-14,16,26-27H2,1-2H3. The fourth-order valence-electron chi connectivity index (χ4n) is 4.48. The fraction of sp³-hybridized carbons (Fsp3) is 0.542. The highest BCUT2D eigenvalue weighted by Crippen LogP contribution is 2.23. The van der Waals surface area contributed by atoms with Gasteiger partial charge in [0.15, 0.2) is 0 Å². The van der Waals surface area contributed by atoms with Gasteiger partial charge in [0.1, 0.15) is 5.82 Å². The van der Waals surface area contributed by atoms with Crippen LogP contribution in [0.25, 0.3) is 5.69 Å². The van der Waals surface area contributed by atoms with Crippen LogP contribution in [0.5, 0.6) is 0 Å². The van der Waals surface area contributed by atoms with Gasteiger partial charge in [-0.2, -0.15) is 4.98 Å². The predicted octanol–water partition coefficient (Wildman–Crippen LogP) is 1.19. The van der Waals surface area contributed by atoms with Crippen LogP contribution >= 0.6 is 11.6 Å². The number of rotatable bonds is 5. The van der Waals surface area contributed by atoms with Gasteiger partial charge in [0.2, 0.25) is 5.91 Å². The van der Waals surface area contributed by atoms with E-state index in [0.717, 1.165) is 38.0 Å². The Balaban J connectivity index is 1.42. The van der Waals surface area contributed by atoms with Gasteiger partial charge in [-0.3, -0.25) is 14.3 Å². The van der Waals surface area contributed by atoms with Crippen LogP contribution in [0.1, 0.15) is 32.3 Å². The average Bonchev–Trinajstić information content (AvgIpc) is 2.81. The third-order valence-corrected chi connectivity index (χ3v) is 6.92. The first-order valence-corrected chi connectivity index (χ1v) is 12.2. The number of hydrogen-bond donors (Lipinski definition) is 2. The van der Waals surface area contributed by atoms with E-state index >= 15 is 0 Å². The SMILES string of the molecule is CC(C)(N)C(=O)N1CCN(c2ccn(-c3ccc(CN4CCC(N)CC4)c(Cl)c3)c(=O)n2)CC1. The molecule has 0 saturated carbocycles. The highest BCUT2D eigenvalue weighted by molar-refractivity contribution is 6.31. The number of halogens is 1. The minimum Gasteiger partial charge on any atom is -0.353 e. The average molecular weight is 488 g/mol. The van der Waals surface area contributed by atoms with Gasteiger partial charge in [0, 0.05) is 50.0 Å². The number of piperidine rings is 1. The van der Waals surface area contributed by atoms with E-state index in [0.29, 0.717) is 48.7 Å². The molecule has 0 spiro atoms. The van der Waals surface area contributed by atoms with Crippen LogP contribution in [0, 0.1) is 0 Å². The number of likely N-dealkylation sites (tertiary alicyclic amines) is 1. The number of hydrogen-bond acceptors (Lipinski definition) is 7. The van der Waals surface area contributed by atoms with Gasteiger partial charge in [0.25, 0.3) is 0 Å². The molecule has 1 aromatic carbocycles. The van der Waals surface area contributed by atoms with Crippen molar-refractivity contribution < 1.29 is 4.79 Å². The summed E-state index contributed by atoms with van der Waals surface area (Å²) in [5, 5.41) is 0.631. The lowest BCUT2D eigenvalue weighted by atomic mass is 10.0. The lowest BCUT2D eigenvalue weighted by Gasteiger charge is -2.37. The highest BCUT2D eigenvalue weighted by Gasteiger charge is 2.30. The molecule has 1 amide bonds. The normalized spacial score (nSPS) is 18.4. The molecule has 2 fully saturated rings. The van der Waals surface area contributed by atoms with Crippen molar-refractivity contribution in [1.82, 2.24) is 19.4 Å². The van der Waals surface area contributed by atoms with Crippen molar-refractivity contribution in [3.8, 4) is 5.69 Å². The van der Waals surface area contributed by atoms with Gasteiger partial charge >= 0.3 is 5.69 Å². The summed E-state index contributed by atoms with van der Waals surface area (Å²) in [5.41, 5.74) is 12.4. The summed E-state index contributed by atoms with van der Waals surface area (Å²) in [6.07, 6.45) is 3.72. The van der Waals surface area contributed by atoms with E-state index in [2.05, 4.69) is 9.88 Å². The second-order valence-corrected chi connectivity index (χ2v) is 10.2. The Labute approximate surface area is 205 Å².